The van der Waals surface area contributed by atoms with E-state index in [0.717, 1.165) is 11.5 Å². The van der Waals surface area contributed by atoms with Gasteiger partial charge < -0.3 is 29.4 Å². The van der Waals surface area contributed by atoms with Gasteiger partial charge in [-0.1, -0.05) is 50.2 Å². The molecule has 2 atom stereocenters. The summed E-state index contributed by atoms with van der Waals surface area (Å²) in [7, 11) is 0. The van der Waals surface area contributed by atoms with Gasteiger partial charge in [0.25, 0.3) is 0 Å². The van der Waals surface area contributed by atoms with E-state index in [1.54, 1.807) is 0 Å². The third-order valence-corrected chi connectivity index (χ3v) is 6.02. The molecule has 6 heteroatoms. The van der Waals surface area contributed by atoms with Gasteiger partial charge in [0.1, 0.15) is 30.4 Å². The van der Waals surface area contributed by atoms with Gasteiger partial charge in [-0.2, -0.15) is 0 Å². The Morgan fingerprint density at radius 2 is 1.31 bits per heavy atom. The highest BCUT2D eigenvalue weighted by molar-refractivity contribution is 5.21. The second-order valence-corrected chi connectivity index (χ2v) is 10.7. The summed E-state index contributed by atoms with van der Waals surface area (Å²) in [5.41, 5.74) is 4.90. The number of para-hydroxylation sites is 2. The molecule has 0 saturated heterocycles. The standard InChI is InChI=1S/C29H45NO5/c1-23(2)33-22-27(3,4)29(7,30)35-26(21-32-25-16-12-9-13-17-25)20-28(5,6)34-19-18-31-24-14-10-8-11-15-24/h8-17,23,26H,18-22,30H2,1-7H3. The quantitative estimate of drug-likeness (QED) is 0.237. The number of hydrogen-bond acceptors (Lipinski definition) is 6. The Morgan fingerprint density at radius 1 is 0.771 bits per heavy atom. The predicted molar refractivity (Wildman–Crippen MR) is 141 cm³/mol. The lowest BCUT2D eigenvalue weighted by Gasteiger charge is -2.44. The number of hydrogen-bond donors (Lipinski definition) is 1. The van der Waals surface area contributed by atoms with E-state index in [1.165, 1.54) is 0 Å². The van der Waals surface area contributed by atoms with Crippen LogP contribution in [0.25, 0.3) is 0 Å². The molecule has 35 heavy (non-hydrogen) atoms. The molecule has 0 aliphatic rings. The molecule has 0 heterocycles. The van der Waals surface area contributed by atoms with Crippen molar-refractivity contribution >= 4 is 0 Å². The molecule has 0 radical (unpaired) electrons. The van der Waals surface area contributed by atoms with Crippen LogP contribution in [0.2, 0.25) is 0 Å². The van der Waals surface area contributed by atoms with Crippen LogP contribution in [0.4, 0.5) is 0 Å². The monoisotopic (exact) mass is 487 g/mol. The van der Waals surface area contributed by atoms with Crippen LogP contribution >= 0.6 is 0 Å². The topological polar surface area (TPSA) is 72.2 Å². The van der Waals surface area contributed by atoms with Gasteiger partial charge >= 0.3 is 0 Å². The summed E-state index contributed by atoms with van der Waals surface area (Å²) in [5.74, 6) is 1.62. The largest absolute Gasteiger partial charge is 0.491 e. The number of ether oxygens (including phenoxy) is 5. The molecular weight excluding hydrogens is 442 g/mol. The van der Waals surface area contributed by atoms with Crippen LogP contribution in [0.15, 0.2) is 60.7 Å². The minimum Gasteiger partial charge on any atom is -0.491 e. The van der Waals surface area contributed by atoms with Crippen LogP contribution in [-0.4, -0.2) is 50.0 Å². The van der Waals surface area contributed by atoms with Crippen molar-refractivity contribution in [3.8, 4) is 11.5 Å². The summed E-state index contributed by atoms with van der Waals surface area (Å²) >= 11 is 0. The van der Waals surface area contributed by atoms with Crippen molar-refractivity contribution < 1.29 is 23.7 Å². The smallest absolute Gasteiger partial charge is 0.121 e. The second-order valence-electron chi connectivity index (χ2n) is 10.7. The first-order valence-electron chi connectivity index (χ1n) is 12.5. The molecule has 0 aromatic heterocycles. The van der Waals surface area contributed by atoms with Crippen LogP contribution < -0.4 is 15.2 Å². The summed E-state index contributed by atoms with van der Waals surface area (Å²) in [4.78, 5) is 0. The summed E-state index contributed by atoms with van der Waals surface area (Å²) in [6.07, 6.45) is 0.417. The maximum atomic E-state index is 6.74. The molecule has 0 bridgehead atoms. The SMILES string of the molecule is CC(C)OCC(C)(C)C(C)(N)OC(COc1ccccc1)CC(C)(C)OCCOc1ccccc1. The average molecular weight is 488 g/mol. The maximum absolute atomic E-state index is 6.74. The van der Waals surface area contributed by atoms with Crippen molar-refractivity contribution in [1.29, 1.82) is 0 Å². The molecule has 0 spiro atoms. The molecule has 2 rings (SSSR count). The average Bonchev–Trinajstić information content (AvgIpc) is 2.80. The predicted octanol–water partition coefficient (Wildman–Crippen LogP) is 5.84. The zero-order valence-electron chi connectivity index (χ0n) is 22.6. The van der Waals surface area contributed by atoms with Crippen molar-refractivity contribution in [2.24, 2.45) is 11.1 Å². The van der Waals surface area contributed by atoms with Crippen molar-refractivity contribution in [1.82, 2.24) is 0 Å². The Balaban J connectivity index is 2.01. The van der Waals surface area contributed by atoms with Gasteiger partial charge in [0.2, 0.25) is 0 Å². The molecule has 2 N–H and O–H groups in total. The van der Waals surface area contributed by atoms with E-state index in [9.17, 15) is 0 Å². The molecule has 6 nitrogen and oxygen atoms in total. The highest BCUT2D eigenvalue weighted by Crippen LogP contribution is 2.33. The minimum atomic E-state index is -0.945. The lowest BCUT2D eigenvalue weighted by molar-refractivity contribution is -0.187. The first kappa shape index (κ1) is 29.1. The van der Waals surface area contributed by atoms with Gasteiger partial charge in [-0.15, -0.1) is 0 Å². The minimum absolute atomic E-state index is 0.118. The highest BCUT2D eigenvalue weighted by atomic mass is 16.6. The molecule has 0 saturated carbocycles. The molecular formula is C29H45NO5. The van der Waals surface area contributed by atoms with Crippen LogP contribution in [0.1, 0.15) is 54.9 Å². The molecule has 0 amide bonds. The fourth-order valence-corrected chi connectivity index (χ4v) is 3.47. The number of benzene rings is 2. The second kappa shape index (κ2) is 13.3. The Bertz CT molecular complexity index is 837. The molecule has 196 valence electrons. The highest BCUT2D eigenvalue weighted by Gasteiger charge is 2.42. The van der Waals surface area contributed by atoms with Crippen LogP contribution in [0.5, 0.6) is 11.5 Å². The maximum Gasteiger partial charge on any atom is 0.121 e. The molecule has 0 aliphatic carbocycles. The third-order valence-electron chi connectivity index (χ3n) is 6.02. The van der Waals surface area contributed by atoms with E-state index < -0.39 is 16.7 Å². The molecule has 2 aromatic rings. The lowest BCUT2D eigenvalue weighted by atomic mass is 9.83. The van der Waals surface area contributed by atoms with Crippen molar-refractivity contribution in [2.75, 3.05) is 26.4 Å². The normalized spacial score (nSPS) is 15.0. The van der Waals surface area contributed by atoms with Gasteiger partial charge in [0.05, 0.1) is 31.0 Å². The molecule has 2 unspecified atom stereocenters. The Kier molecular flexibility index (Phi) is 11.0. The van der Waals surface area contributed by atoms with E-state index in [0.29, 0.717) is 32.8 Å². The van der Waals surface area contributed by atoms with Crippen molar-refractivity contribution in [2.45, 2.75) is 78.4 Å². The van der Waals surface area contributed by atoms with Crippen molar-refractivity contribution in [3.63, 3.8) is 0 Å². The fraction of sp³-hybridized carbons (Fsp3) is 0.586. The molecule has 2 aromatic carbocycles. The van der Waals surface area contributed by atoms with E-state index in [4.69, 9.17) is 29.4 Å². The Hall–Kier alpha value is -2.12. The summed E-state index contributed by atoms with van der Waals surface area (Å²) in [5, 5.41) is 0. The van der Waals surface area contributed by atoms with E-state index >= 15 is 0 Å². The zero-order chi connectivity index (χ0) is 26.0. The first-order chi connectivity index (χ1) is 16.4. The number of nitrogens with two attached hydrogens (primary N) is 1. The van der Waals surface area contributed by atoms with Crippen molar-refractivity contribution in [3.05, 3.63) is 60.7 Å². The summed E-state index contributed by atoms with van der Waals surface area (Å²) in [6.45, 7) is 15.9. The number of rotatable bonds is 16. The third kappa shape index (κ3) is 10.6. The first-order valence-corrected chi connectivity index (χ1v) is 12.5. The summed E-state index contributed by atoms with van der Waals surface area (Å²) in [6, 6.07) is 19.5. The Labute approximate surface area is 212 Å². The van der Waals surface area contributed by atoms with Gasteiger partial charge in [0, 0.05) is 11.8 Å². The van der Waals surface area contributed by atoms with Crippen LogP contribution in [0.3, 0.4) is 0 Å². The Morgan fingerprint density at radius 3 is 1.86 bits per heavy atom. The van der Waals surface area contributed by atoms with Crippen LogP contribution in [-0.2, 0) is 14.2 Å². The fourth-order valence-electron chi connectivity index (χ4n) is 3.47. The van der Waals surface area contributed by atoms with E-state index in [1.807, 2.05) is 81.4 Å². The lowest BCUT2D eigenvalue weighted by Crippen LogP contribution is -2.57. The van der Waals surface area contributed by atoms with Gasteiger partial charge in [-0.05, 0) is 58.9 Å². The van der Waals surface area contributed by atoms with Gasteiger partial charge in [-0.3, -0.25) is 0 Å². The van der Waals surface area contributed by atoms with Gasteiger partial charge in [0.15, 0.2) is 0 Å². The van der Waals surface area contributed by atoms with E-state index in [2.05, 4.69) is 27.7 Å². The van der Waals surface area contributed by atoms with Crippen LogP contribution in [0, 0.1) is 5.41 Å². The van der Waals surface area contributed by atoms with E-state index in [-0.39, 0.29) is 12.2 Å². The molecule has 0 aliphatic heterocycles. The zero-order valence-corrected chi connectivity index (χ0v) is 22.6. The van der Waals surface area contributed by atoms with Gasteiger partial charge in [-0.25, -0.2) is 0 Å². The summed E-state index contributed by atoms with van der Waals surface area (Å²) < 4.78 is 30.4. The molecule has 0 fully saturated rings.